The summed E-state index contributed by atoms with van der Waals surface area (Å²) in [7, 11) is 0. The van der Waals surface area contributed by atoms with Gasteiger partial charge in [-0.15, -0.1) is 0 Å². The van der Waals surface area contributed by atoms with Crippen LogP contribution in [0.1, 0.15) is 17.1 Å². The SMILES string of the molecule is Cc1nc(CNC(=O)[C@H]2COc3ccccc3C2)cc(=O)[nH]1. The molecule has 22 heavy (non-hydrogen) atoms. The van der Waals surface area contributed by atoms with Crippen LogP contribution in [0.15, 0.2) is 35.1 Å². The molecular weight excluding hydrogens is 282 g/mol. The zero-order valence-corrected chi connectivity index (χ0v) is 12.3. The number of fused-ring (bicyclic) bond motifs is 1. The van der Waals surface area contributed by atoms with E-state index in [4.69, 9.17) is 4.74 Å². The van der Waals surface area contributed by atoms with E-state index in [2.05, 4.69) is 15.3 Å². The molecule has 2 aromatic rings. The van der Waals surface area contributed by atoms with Crippen molar-refractivity contribution in [1.82, 2.24) is 15.3 Å². The largest absolute Gasteiger partial charge is 0.492 e. The van der Waals surface area contributed by atoms with Gasteiger partial charge in [0.15, 0.2) is 0 Å². The lowest BCUT2D eigenvalue weighted by Gasteiger charge is -2.24. The highest BCUT2D eigenvalue weighted by atomic mass is 16.5. The Morgan fingerprint density at radius 1 is 1.45 bits per heavy atom. The van der Waals surface area contributed by atoms with Gasteiger partial charge < -0.3 is 15.0 Å². The van der Waals surface area contributed by atoms with Gasteiger partial charge in [0.05, 0.1) is 18.2 Å². The number of amides is 1. The Kier molecular flexibility index (Phi) is 3.91. The minimum atomic E-state index is -0.224. The molecule has 1 aromatic carbocycles. The third kappa shape index (κ3) is 3.16. The standard InChI is InChI=1S/C16H17N3O3/c1-10-18-13(7-15(20)19-10)8-17-16(21)12-6-11-4-2-3-5-14(11)22-9-12/h2-5,7,12H,6,8-9H2,1H3,(H,17,21)(H,18,19,20)/t12-/m1/s1. The molecule has 2 heterocycles. The number of aromatic nitrogens is 2. The minimum absolute atomic E-state index is 0.0887. The van der Waals surface area contributed by atoms with E-state index < -0.39 is 0 Å². The Labute approximate surface area is 127 Å². The summed E-state index contributed by atoms with van der Waals surface area (Å²) in [4.78, 5) is 30.4. The van der Waals surface area contributed by atoms with Gasteiger partial charge >= 0.3 is 0 Å². The molecule has 0 unspecified atom stereocenters. The van der Waals surface area contributed by atoms with E-state index in [1.807, 2.05) is 24.3 Å². The maximum absolute atomic E-state index is 12.2. The van der Waals surface area contributed by atoms with Crippen LogP contribution in [0.25, 0.3) is 0 Å². The number of carbonyl (C=O) groups excluding carboxylic acids is 1. The van der Waals surface area contributed by atoms with Crippen molar-refractivity contribution in [2.75, 3.05) is 6.61 Å². The van der Waals surface area contributed by atoms with E-state index >= 15 is 0 Å². The van der Waals surface area contributed by atoms with Gasteiger partial charge in [-0.1, -0.05) is 18.2 Å². The smallest absolute Gasteiger partial charge is 0.251 e. The number of aryl methyl sites for hydroxylation is 1. The number of hydrogen-bond donors (Lipinski definition) is 2. The molecule has 0 spiro atoms. The van der Waals surface area contributed by atoms with Gasteiger partial charge in [-0.05, 0) is 25.0 Å². The van der Waals surface area contributed by atoms with Crippen LogP contribution in [0.3, 0.4) is 0 Å². The summed E-state index contributed by atoms with van der Waals surface area (Å²) < 4.78 is 5.62. The van der Waals surface area contributed by atoms with E-state index in [1.165, 1.54) is 6.07 Å². The van der Waals surface area contributed by atoms with Crippen molar-refractivity contribution in [3.05, 3.63) is 57.8 Å². The predicted molar refractivity (Wildman–Crippen MR) is 80.6 cm³/mol. The molecule has 3 rings (SSSR count). The Morgan fingerprint density at radius 3 is 3.09 bits per heavy atom. The Balaban J connectivity index is 1.62. The lowest BCUT2D eigenvalue weighted by atomic mass is 9.96. The highest BCUT2D eigenvalue weighted by Gasteiger charge is 2.25. The first-order valence-electron chi connectivity index (χ1n) is 7.17. The molecule has 2 N–H and O–H groups in total. The molecule has 6 heteroatoms. The number of H-pyrrole nitrogens is 1. The van der Waals surface area contributed by atoms with Gasteiger partial charge in [-0.25, -0.2) is 4.98 Å². The van der Waals surface area contributed by atoms with E-state index in [1.54, 1.807) is 6.92 Å². The summed E-state index contributed by atoms with van der Waals surface area (Å²) >= 11 is 0. The van der Waals surface area contributed by atoms with E-state index in [0.29, 0.717) is 24.5 Å². The Bertz CT molecular complexity index is 754. The summed E-state index contributed by atoms with van der Waals surface area (Å²) in [5.74, 6) is 1.07. The van der Waals surface area contributed by atoms with Crippen LogP contribution in [-0.2, 0) is 17.8 Å². The molecule has 114 valence electrons. The fourth-order valence-electron chi connectivity index (χ4n) is 2.55. The van der Waals surface area contributed by atoms with Crippen molar-refractivity contribution in [3.63, 3.8) is 0 Å². The summed E-state index contributed by atoms with van der Waals surface area (Å²) in [5.41, 5.74) is 1.37. The maximum Gasteiger partial charge on any atom is 0.251 e. The van der Waals surface area contributed by atoms with Gasteiger partial charge in [0, 0.05) is 6.07 Å². The molecule has 0 saturated carbocycles. The molecule has 1 aliphatic heterocycles. The number of ether oxygens (including phenoxy) is 1. The van der Waals surface area contributed by atoms with Crippen molar-refractivity contribution in [2.24, 2.45) is 5.92 Å². The van der Waals surface area contributed by atoms with Crippen molar-refractivity contribution >= 4 is 5.91 Å². The summed E-state index contributed by atoms with van der Waals surface area (Å²) in [5, 5.41) is 2.82. The maximum atomic E-state index is 12.2. The molecule has 6 nitrogen and oxygen atoms in total. The van der Waals surface area contributed by atoms with E-state index in [0.717, 1.165) is 11.3 Å². The van der Waals surface area contributed by atoms with Gasteiger partial charge in [0.25, 0.3) is 5.56 Å². The number of rotatable bonds is 3. The number of nitrogens with one attached hydrogen (secondary N) is 2. The quantitative estimate of drug-likeness (QED) is 0.883. The Morgan fingerprint density at radius 2 is 2.27 bits per heavy atom. The molecule has 1 amide bonds. The van der Waals surface area contributed by atoms with Gasteiger partial charge in [0.2, 0.25) is 5.91 Å². The summed E-state index contributed by atoms with van der Waals surface area (Å²) in [6.45, 7) is 2.31. The first-order valence-corrected chi connectivity index (χ1v) is 7.17. The first-order chi connectivity index (χ1) is 10.6. The molecule has 0 saturated heterocycles. The topological polar surface area (TPSA) is 84.1 Å². The van der Waals surface area contributed by atoms with Crippen LogP contribution < -0.4 is 15.6 Å². The predicted octanol–water partition coefficient (Wildman–Crippen LogP) is 0.946. The number of hydrogen-bond acceptors (Lipinski definition) is 4. The second kappa shape index (κ2) is 6.01. The number of aromatic amines is 1. The number of para-hydroxylation sites is 1. The lowest BCUT2D eigenvalue weighted by Crippen LogP contribution is -2.37. The molecule has 0 fully saturated rings. The highest BCUT2D eigenvalue weighted by Crippen LogP contribution is 2.26. The highest BCUT2D eigenvalue weighted by molar-refractivity contribution is 5.79. The monoisotopic (exact) mass is 299 g/mol. The van der Waals surface area contributed by atoms with Crippen LogP contribution in [0.4, 0.5) is 0 Å². The molecule has 0 bridgehead atoms. The first kappa shape index (κ1) is 14.3. The normalized spacial score (nSPS) is 16.5. The third-order valence-electron chi connectivity index (χ3n) is 3.61. The second-order valence-electron chi connectivity index (χ2n) is 5.36. The van der Waals surface area contributed by atoms with Gasteiger partial charge in [-0.2, -0.15) is 0 Å². The fraction of sp³-hybridized carbons (Fsp3) is 0.312. The molecule has 0 aliphatic carbocycles. The fourth-order valence-corrected chi connectivity index (χ4v) is 2.55. The Hall–Kier alpha value is -2.63. The molecular formula is C16H17N3O3. The molecule has 1 aliphatic rings. The van der Waals surface area contributed by atoms with Crippen LogP contribution in [0, 0.1) is 12.8 Å². The van der Waals surface area contributed by atoms with Crippen molar-refractivity contribution in [3.8, 4) is 5.75 Å². The number of carbonyl (C=O) groups is 1. The minimum Gasteiger partial charge on any atom is -0.492 e. The van der Waals surface area contributed by atoms with Crippen molar-refractivity contribution in [2.45, 2.75) is 19.9 Å². The summed E-state index contributed by atoms with van der Waals surface area (Å²) in [6, 6.07) is 9.12. The van der Waals surface area contributed by atoms with Crippen LogP contribution in [0.5, 0.6) is 5.75 Å². The third-order valence-corrected chi connectivity index (χ3v) is 3.61. The van der Waals surface area contributed by atoms with Crippen molar-refractivity contribution in [1.29, 1.82) is 0 Å². The molecule has 1 aromatic heterocycles. The molecule has 0 radical (unpaired) electrons. The van der Waals surface area contributed by atoms with Crippen LogP contribution in [-0.4, -0.2) is 22.5 Å². The average molecular weight is 299 g/mol. The summed E-state index contributed by atoms with van der Waals surface area (Å²) in [6.07, 6.45) is 0.657. The number of benzene rings is 1. The average Bonchev–Trinajstić information content (AvgIpc) is 2.51. The second-order valence-corrected chi connectivity index (χ2v) is 5.36. The van der Waals surface area contributed by atoms with Crippen LogP contribution in [0.2, 0.25) is 0 Å². The van der Waals surface area contributed by atoms with E-state index in [-0.39, 0.29) is 23.9 Å². The zero-order chi connectivity index (χ0) is 15.5. The zero-order valence-electron chi connectivity index (χ0n) is 12.3. The van der Waals surface area contributed by atoms with Crippen LogP contribution >= 0.6 is 0 Å². The number of nitrogens with zero attached hydrogens (tertiary/aromatic N) is 1. The van der Waals surface area contributed by atoms with Gasteiger partial charge in [-0.3, -0.25) is 9.59 Å². The lowest BCUT2D eigenvalue weighted by molar-refractivity contribution is -0.126. The van der Waals surface area contributed by atoms with E-state index in [9.17, 15) is 9.59 Å². The van der Waals surface area contributed by atoms with Gasteiger partial charge in [0.1, 0.15) is 18.2 Å². The molecule has 1 atom stereocenters. The van der Waals surface area contributed by atoms with Crippen molar-refractivity contribution < 1.29 is 9.53 Å².